The second-order valence-corrected chi connectivity index (χ2v) is 11.8. The molecule has 0 aliphatic carbocycles. The molecule has 0 radical (unpaired) electrons. The predicted molar refractivity (Wildman–Crippen MR) is 138 cm³/mol. The number of halogens is 1. The van der Waals surface area contributed by atoms with Gasteiger partial charge in [0, 0.05) is 55.7 Å². The molecule has 2 saturated heterocycles. The summed E-state index contributed by atoms with van der Waals surface area (Å²) in [6, 6.07) is 7.95. The summed E-state index contributed by atoms with van der Waals surface area (Å²) in [5.41, 5.74) is 0.668. The normalized spacial score (nSPS) is 18.7. The van der Waals surface area contributed by atoms with E-state index in [1.807, 2.05) is 4.90 Å². The number of anilines is 2. The molecule has 1 atom stereocenters. The second kappa shape index (κ2) is 11.6. The van der Waals surface area contributed by atoms with Crippen LogP contribution in [0.5, 0.6) is 0 Å². The number of ether oxygens (including phenoxy) is 1. The number of hydrogen-bond donors (Lipinski definition) is 2. The number of aromatic nitrogens is 1. The highest BCUT2D eigenvalue weighted by atomic mass is 35.5. The van der Waals surface area contributed by atoms with Gasteiger partial charge in [0.05, 0.1) is 16.7 Å². The van der Waals surface area contributed by atoms with Gasteiger partial charge in [0.25, 0.3) is 5.91 Å². The molecule has 1 aromatic carbocycles. The zero-order valence-electron chi connectivity index (χ0n) is 20.2. The molecule has 9 nitrogen and oxygen atoms in total. The van der Waals surface area contributed by atoms with Crippen LogP contribution in [0.2, 0.25) is 5.02 Å². The van der Waals surface area contributed by atoms with Crippen molar-refractivity contribution in [1.82, 2.24) is 10.3 Å². The number of hydrogen-bond acceptors (Lipinski definition) is 7. The third kappa shape index (κ3) is 6.96. The fraction of sp³-hybridized carbons (Fsp3) is 0.480. The van der Waals surface area contributed by atoms with E-state index in [1.54, 1.807) is 24.3 Å². The quantitative estimate of drug-likeness (QED) is 0.533. The van der Waals surface area contributed by atoms with Gasteiger partial charge in [-0.1, -0.05) is 17.7 Å². The molecule has 0 bridgehead atoms. The Morgan fingerprint density at radius 1 is 1.19 bits per heavy atom. The molecule has 36 heavy (non-hydrogen) atoms. The highest BCUT2D eigenvalue weighted by Crippen LogP contribution is 2.31. The van der Waals surface area contributed by atoms with Crippen molar-refractivity contribution in [3.8, 4) is 0 Å². The number of rotatable bonds is 8. The molecule has 2 aliphatic heterocycles. The van der Waals surface area contributed by atoms with Crippen LogP contribution >= 0.6 is 11.6 Å². The van der Waals surface area contributed by atoms with E-state index in [-0.39, 0.29) is 22.8 Å². The molecule has 194 valence electrons. The topological polar surface area (TPSA) is 118 Å². The van der Waals surface area contributed by atoms with Crippen LogP contribution in [-0.2, 0) is 19.4 Å². The lowest BCUT2D eigenvalue weighted by Crippen LogP contribution is -2.38. The third-order valence-corrected chi connectivity index (χ3v) is 7.86. The number of piperidine rings is 1. The summed E-state index contributed by atoms with van der Waals surface area (Å²) in [7, 11) is -3.52. The lowest BCUT2D eigenvalue weighted by atomic mass is 9.93. The van der Waals surface area contributed by atoms with E-state index in [9.17, 15) is 18.0 Å². The van der Waals surface area contributed by atoms with E-state index in [2.05, 4.69) is 15.6 Å². The zero-order chi connectivity index (χ0) is 25.7. The Hall–Kier alpha value is -2.69. The van der Waals surface area contributed by atoms with Gasteiger partial charge in [-0.05, 0) is 55.9 Å². The molecule has 2 aromatic rings. The summed E-state index contributed by atoms with van der Waals surface area (Å²) in [5, 5.41) is 6.21. The molecule has 1 aromatic heterocycles. The van der Waals surface area contributed by atoms with Crippen LogP contribution in [0.3, 0.4) is 0 Å². The molecular formula is C25H31ClN4O5S. The average molecular weight is 535 g/mol. The predicted octanol–water partition coefficient (Wildman–Crippen LogP) is 3.29. The average Bonchev–Trinajstić information content (AvgIpc) is 3.37. The molecule has 11 heteroatoms. The number of nitrogens with one attached hydrogen (secondary N) is 2. The van der Waals surface area contributed by atoms with Crippen LogP contribution in [0, 0.1) is 5.92 Å². The van der Waals surface area contributed by atoms with E-state index >= 15 is 0 Å². The summed E-state index contributed by atoms with van der Waals surface area (Å²) in [5.74, 6) is 0.364. The van der Waals surface area contributed by atoms with Crippen molar-refractivity contribution >= 4 is 44.8 Å². The van der Waals surface area contributed by atoms with Gasteiger partial charge in [-0.2, -0.15) is 0 Å². The lowest BCUT2D eigenvalue weighted by Gasteiger charge is -2.33. The first kappa shape index (κ1) is 26.4. The molecular weight excluding hydrogens is 504 g/mol. The number of nitrogens with zero attached hydrogens (tertiary/aromatic N) is 2. The summed E-state index contributed by atoms with van der Waals surface area (Å²) >= 11 is 6.02. The van der Waals surface area contributed by atoms with Gasteiger partial charge in [-0.25, -0.2) is 13.4 Å². The Balaban J connectivity index is 1.42. The standard InChI is InChI=1S/C25H31ClN4O5S/c1-36(33,34)21-14-22(29-25(32)18-4-2-5-19(26)13-18)24(28-16-21)30-9-7-17(8-10-30)12-23(31)27-15-20-6-3-11-35-20/h2,4-5,13-14,16-17,20H,3,6-12,15H2,1H3,(H,27,31)(H,29,32). The Bertz CT molecular complexity index is 1210. The maximum atomic E-state index is 12.9. The van der Waals surface area contributed by atoms with Gasteiger partial charge < -0.3 is 20.3 Å². The number of carbonyl (C=O) groups excluding carboxylic acids is 2. The monoisotopic (exact) mass is 534 g/mol. The van der Waals surface area contributed by atoms with Crippen molar-refractivity contribution in [3.63, 3.8) is 0 Å². The summed E-state index contributed by atoms with van der Waals surface area (Å²) in [6.45, 7) is 2.59. The third-order valence-electron chi connectivity index (χ3n) is 6.54. The molecule has 4 rings (SSSR count). The Kier molecular flexibility index (Phi) is 8.48. The minimum absolute atomic E-state index is 0.0189. The van der Waals surface area contributed by atoms with E-state index in [0.717, 1.165) is 38.5 Å². The maximum absolute atomic E-state index is 12.9. The SMILES string of the molecule is CS(=O)(=O)c1cnc(N2CCC(CC(=O)NCC3CCCO3)CC2)c(NC(=O)c2cccc(Cl)c2)c1. The van der Waals surface area contributed by atoms with Crippen LogP contribution in [0.1, 0.15) is 42.5 Å². The summed E-state index contributed by atoms with van der Waals surface area (Å²) < 4.78 is 29.8. The number of sulfone groups is 1. The molecule has 0 saturated carbocycles. The van der Waals surface area contributed by atoms with E-state index < -0.39 is 15.7 Å². The number of carbonyl (C=O) groups is 2. The Morgan fingerprint density at radius 2 is 1.97 bits per heavy atom. The maximum Gasteiger partial charge on any atom is 0.255 e. The van der Waals surface area contributed by atoms with Crippen LogP contribution in [0.4, 0.5) is 11.5 Å². The van der Waals surface area contributed by atoms with E-state index in [0.29, 0.717) is 48.1 Å². The second-order valence-electron chi connectivity index (χ2n) is 9.35. The molecule has 0 spiro atoms. The highest BCUT2D eigenvalue weighted by Gasteiger charge is 2.26. The van der Waals surface area contributed by atoms with Crippen molar-refractivity contribution < 1.29 is 22.7 Å². The molecule has 2 N–H and O–H groups in total. The molecule has 2 fully saturated rings. The first-order valence-corrected chi connectivity index (χ1v) is 14.4. The van der Waals surface area contributed by atoms with Gasteiger partial charge in [-0.15, -0.1) is 0 Å². The van der Waals surface area contributed by atoms with Crippen LogP contribution in [0.15, 0.2) is 41.4 Å². The Morgan fingerprint density at radius 3 is 2.64 bits per heavy atom. The van der Waals surface area contributed by atoms with Crippen LogP contribution in [0.25, 0.3) is 0 Å². The van der Waals surface area contributed by atoms with Crippen molar-refractivity contribution in [2.24, 2.45) is 5.92 Å². The van der Waals surface area contributed by atoms with Gasteiger partial charge >= 0.3 is 0 Å². The molecule has 2 amide bonds. The first-order valence-electron chi connectivity index (χ1n) is 12.1. The van der Waals surface area contributed by atoms with Crippen molar-refractivity contribution in [3.05, 3.63) is 47.1 Å². The van der Waals surface area contributed by atoms with Crippen molar-refractivity contribution in [2.75, 3.05) is 42.7 Å². The fourth-order valence-corrected chi connectivity index (χ4v) is 5.29. The van der Waals surface area contributed by atoms with Gasteiger partial charge in [-0.3, -0.25) is 9.59 Å². The van der Waals surface area contributed by atoms with Crippen molar-refractivity contribution in [1.29, 1.82) is 0 Å². The minimum atomic E-state index is -3.52. The number of amides is 2. The molecule has 1 unspecified atom stereocenters. The van der Waals surface area contributed by atoms with Gasteiger partial charge in [0.2, 0.25) is 5.91 Å². The minimum Gasteiger partial charge on any atom is -0.376 e. The van der Waals surface area contributed by atoms with Crippen molar-refractivity contribution in [2.45, 2.75) is 43.1 Å². The smallest absolute Gasteiger partial charge is 0.255 e. The first-order chi connectivity index (χ1) is 17.2. The molecule has 3 heterocycles. The number of benzene rings is 1. The summed E-state index contributed by atoms with van der Waals surface area (Å²) in [6.07, 6.45) is 6.58. The number of pyridine rings is 1. The molecule has 2 aliphatic rings. The van der Waals surface area contributed by atoms with Gasteiger partial charge in [0.15, 0.2) is 15.7 Å². The van der Waals surface area contributed by atoms with Crippen LogP contribution < -0.4 is 15.5 Å². The fourth-order valence-electron chi connectivity index (χ4n) is 4.53. The van der Waals surface area contributed by atoms with Crippen LogP contribution in [-0.4, -0.2) is 63.8 Å². The van der Waals surface area contributed by atoms with E-state index in [1.165, 1.54) is 12.3 Å². The highest BCUT2D eigenvalue weighted by molar-refractivity contribution is 7.90. The Labute approximate surface area is 216 Å². The zero-order valence-corrected chi connectivity index (χ0v) is 21.8. The van der Waals surface area contributed by atoms with Gasteiger partial charge in [0.1, 0.15) is 0 Å². The largest absolute Gasteiger partial charge is 0.376 e. The lowest BCUT2D eigenvalue weighted by molar-refractivity contribution is -0.122. The summed E-state index contributed by atoms with van der Waals surface area (Å²) in [4.78, 5) is 31.7. The van der Waals surface area contributed by atoms with E-state index in [4.69, 9.17) is 16.3 Å².